The van der Waals surface area contributed by atoms with Gasteiger partial charge in [-0.3, -0.25) is 0 Å². The molecule has 0 aromatic carbocycles. The maximum atomic E-state index is 11.8. The molecule has 5 heteroatoms. The number of ether oxygens (including phenoxy) is 1. The van der Waals surface area contributed by atoms with Crippen molar-refractivity contribution in [2.24, 2.45) is 5.92 Å². The van der Waals surface area contributed by atoms with Crippen LogP contribution in [0.25, 0.3) is 0 Å². The van der Waals surface area contributed by atoms with Crippen molar-refractivity contribution in [1.82, 2.24) is 5.32 Å². The highest BCUT2D eigenvalue weighted by Gasteiger charge is 2.26. The largest absolute Gasteiger partial charge is 0.401 e. The first-order chi connectivity index (χ1) is 6.97. The molecule has 1 aliphatic rings. The molecule has 2 nitrogen and oxygen atoms in total. The van der Waals surface area contributed by atoms with Gasteiger partial charge in [-0.05, 0) is 31.7 Å². The zero-order chi connectivity index (χ0) is 11.3. The first kappa shape index (κ1) is 12.8. The lowest BCUT2D eigenvalue weighted by atomic mass is 10.0. The van der Waals surface area contributed by atoms with Gasteiger partial charge in [0.2, 0.25) is 0 Å². The third-order valence-electron chi connectivity index (χ3n) is 2.51. The lowest BCUT2D eigenvalue weighted by Crippen LogP contribution is -2.32. The van der Waals surface area contributed by atoms with Crippen LogP contribution in [0.3, 0.4) is 0 Å². The number of hydrogen-bond donors (Lipinski definition) is 1. The minimum absolute atomic E-state index is 0.232. The molecule has 0 amide bonds. The highest BCUT2D eigenvalue weighted by molar-refractivity contribution is 4.70. The molecule has 1 aliphatic heterocycles. The minimum atomic E-state index is -4.11. The quantitative estimate of drug-likeness (QED) is 0.775. The molecule has 1 rings (SSSR count). The van der Waals surface area contributed by atoms with Gasteiger partial charge >= 0.3 is 6.18 Å². The van der Waals surface area contributed by atoms with Crippen molar-refractivity contribution in [2.45, 2.75) is 38.5 Å². The Balaban J connectivity index is 2.05. The van der Waals surface area contributed by atoms with Crippen LogP contribution < -0.4 is 5.32 Å². The van der Waals surface area contributed by atoms with Gasteiger partial charge < -0.3 is 10.1 Å². The van der Waals surface area contributed by atoms with Gasteiger partial charge in [0, 0.05) is 6.61 Å². The van der Waals surface area contributed by atoms with Gasteiger partial charge in [-0.25, -0.2) is 0 Å². The second-order valence-corrected chi connectivity index (χ2v) is 4.22. The number of alkyl halides is 3. The van der Waals surface area contributed by atoms with E-state index in [1.807, 2.05) is 6.92 Å². The van der Waals surface area contributed by atoms with E-state index in [-0.39, 0.29) is 12.0 Å². The first-order valence-electron chi connectivity index (χ1n) is 5.36. The van der Waals surface area contributed by atoms with E-state index in [0.29, 0.717) is 6.54 Å². The number of nitrogens with one attached hydrogen (secondary N) is 1. The Bertz CT molecular complexity index is 178. The van der Waals surface area contributed by atoms with Crippen molar-refractivity contribution in [1.29, 1.82) is 0 Å². The molecule has 0 aromatic rings. The van der Waals surface area contributed by atoms with Crippen LogP contribution >= 0.6 is 0 Å². The third-order valence-corrected chi connectivity index (χ3v) is 2.51. The van der Waals surface area contributed by atoms with Crippen molar-refractivity contribution in [3.05, 3.63) is 0 Å². The Kier molecular flexibility index (Phi) is 4.86. The molecule has 2 unspecified atom stereocenters. The SMILES string of the molecule is CC(CNCC(F)(F)F)CC1CCCO1. The summed E-state index contributed by atoms with van der Waals surface area (Å²) in [5, 5.41) is 2.42. The molecule has 1 heterocycles. The number of hydrogen-bond acceptors (Lipinski definition) is 2. The smallest absolute Gasteiger partial charge is 0.378 e. The summed E-state index contributed by atoms with van der Waals surface area (Å²) in [6, 6.07) is 0. The molecule has 1 N–H and O–H groups in total. The van der Waals surface area contributed by atoms with Gasteiger partial charge in [0.05, 0.1) is 12.6 Å². The second-order valence-electron chi connectivity index (χ2n) is 4.22. The molecule has 0 aliphatic carbocycles. The fourth-order valence-corrected chi connectivity index (χ4v) is 1.82. The summed E-state index contributed by atoms with van der Waals surface area (Å²) in [4.78, 5) is 0. The van der Waals surface area contributed by atoms with Crippen LogP contribution in [-0.4, -0.2) is 32.0 Å². The normalized spacial score (nSPS) is 24.4. The molecule has 0 bridgehead atoms. The van der Waals surface area contributed by atoms with Gasteiger partial charge in [-0.1, -0.05) is 6.92 Å². The van der Waals surface area contributed by atoms with E-state index in [4.69, 9.17) is 4.74 Å². The van der Waals surface area contributed by atoms with Crippen molar-refractivity contribution >= 4 is 0 Å². The topological polar surface area (TPSA) is 21.3 Å². The summed E-state index contributed by atoms with van der Waals surface area (Å²) in [6.45, 7) is 2.25. The number of rotatable bonds is 5. The van der Waals surface area contributed by atoms with E-state index in [2.05, 4.69) is 5.32 Å². The molecule has 90 valence electrons. The van der Waals surface area contributed by atoms with Crippen LogP contribution in [0.2, 0.25) is 0 Å². The van der Waals surface area contributed by atoms with Crippen molar-refractivity contribution in [3.63, 3.8) is 0 Å². The van der Waals surface area contributed by atoms with Crippen LogP contribution in [0.15, 0.2) is 0 Å². The molecule has 1 saturated heterocycles. The van der Waals surface area contributed by atoms with Gasteiger partial charge in [-0.2, -0.15) is 13.2 Å². The van der Waals surface area contributed by atoms with Crippen LogP contribution in [0, 0.1) is 5.92 Å². The summed E-state index contributed by atoms with van der Waals surface area (Å²) < 4.78 is 40.9. The molecule has 2 atom stereocenters. The lowest BCUT2D eigenvalue weighted by molar-refractivity contribution is -0.125. The molecular formula is C10H18F3NO. The molecule has 0 saturated carbocycles. The number of halogens is 3. The van der Waals surface area contributed by atoms with Crippen LogP contribution in [0.1, 0.15) is 26.2 Å². The highest BCUT2D eigenvalue weighted by Crippen LogP contribution is 2.19. The van der Waals surface area contributed by atoms with Gasteiger partial charge in [0.15, 0.2) is 0 Å². The van der Waals surface area contributed by atoms with E-state index in [1.54, 1.807) is 0 Å². The predicted octanol–water partition coefficient (Wildman–Crippen LogP) is 2.34. The zero-order valence-corrected chi connectivity index (χ0v) is 8.94. The predicted molar refractivity (Wildman–Crippen MR) is 51.7 cm³/mol. The third kappa shape index (κ3) is 5.99. The first-order valence-corrected chi connectivity index (χ1v) is 5.36. The van der Waals surface area contributed by atoms with Gasteiger partial charge in [0.25, 0.3) is 0 Å². The lowest BCUT2D eigenvalue weighted by Gasteiger charge is -2.17. The average molecular weight is 225 g/mol. The Morgan fingerprint density at radius 2 is 2.20 bits per heavy atom. The molecule has 0 spiro atoms. The van der Waals surface area contributed by atoms with Gasteiger partial charge in [0.1, 0.15) is 0 Å². The summed E-state index contributed by atoms with van der Waals surface area (Å²) in [5.74, 6) is 0.232. The van der Waals surface area contributed by atoms with Crippen molar-refractivity contribution in [3.8, 4) is 0 Å². The van der Waals surface area contributed by atoms with E-state index in [0.717, 1.165) is 25.9 Å². The van der Waals surface area contributed by atoms with E-state index in [1.165, 1.54) is 0 Å². The summed E-state index contributed by atoms with van der Waals surface area (Å²) in [5.41, 5.74) is 0. The Morgan fingerprint density at radius 1 is 1.47 bits per heavy atom. The van der Waals surface area contributed by atoms with Crippen LogP contribution in [0.4, 0.5) is 13.2 Å². The average Bonchev–Trinajstić information content (AvgIpc) is 2.54. The summed E-state index contributed by atoms with van der Waals surface area (Å²) in [6.07, 6.45) is -0.876. The molecular weight excluding hydrogens is 207 g/mol. The monoisotopic (exact) mass is 225 g/mol. The second kappa shape index (κ2) is 5.70. The molecule has 0 aromatic heterocycles. The zero-order valence-electron chi connectivity index (χ0n) is 8.94. The van der Waals surface area contributed by atoms with Crippen molar-refractivity contribution in [2.75, 3.05) is 19.7 Å². The maximum absolute atomic E-state index is 11.8. The van der Waals surface area contributed by atoms with Crippen LogP contribution in [-0.2, 0) is 4.74 Å². The molecule has 0 radical (unpaired) electrons. The fraction of sp³-hybridized carbons (Fsp3) is 1.00. The van der Waals surface area contributed by atoms with E-state index in [9.17, 15) is 13.2 Å². The standard InChI is InChI=1S/C10H18F3NO/c1-8(5-9-3-2-4-15-9)6-14-7-10(11,12)13/h8-9,14H,2-7H2,1H3. The van der Waals surface area contributed by atoms with E-state index >= 15 is 0 Å². The summed E-state index contributed by atoms with van der Waals surface area (Å²) in [7, 11) is 0. The van der Waals surface area contributed by atoms with Gasteiger partial charge in [-0.15, -0.1) is 0 Å². The van der Waals surface area contributed by atoms with Crippen LogP contribution in [0.5, 0.6) is 0 Å². The van der Waals surface area contributed by atoms with Crippen molar-refractivity contribution < 1.29 is 17.9 Å². The minimum Gasteiger partial charge on any atom is -0.378 e. The molecule has 15 heavy (non-hydrogen) atoms. The molecule has 1 fully saturated rings. The Morgan fingerprint density at radius 3 is 2.73 bits per heavy atom. The fourth-order valence-electron chi connectivity index (χ4n) is 1.82. The maximum Gasteiger partial charge on any atom is 0.401 e. The summed E-state index contributed by atoms with van der Waals surface area (Å²) >= 11 is 0. The Hall–Kier alpha value is -0.290. The highest BCUT2D eigenvalue weighted by atomic mass is 19.4. The Labute approximate surface area is 88.2 Å². The van der Waals surface area contributed by atoms with E-state index < -0.39 is 12.7 Å².